The first-order chi connectivity index (χ1) is 9.02. The molecule has 0 aromatic heterocycles. The summed E-state index contributed by atoms with van der Waals surface area (Å²) in [6, 6.07) is 4.95. The van der Waals surface area contributed by atoms with E-state index in [0.29, 0.717) is 24.7 Å². The van der Waals surface area contributed by atoms with Crippen LogP contribution in [0.25, 0.3) is 4.72 Å². The highest BCUT2D eigenvalue weighted by Crippen LogP contribution is 2.37. The Morgan fingerprint density at radius 3 is 2.47 bits per heavy atom. The number of rotatable bonds is 8. The lowest BCUT2D eigenvalue weighted by atomic mass is 10.3. The number of nitrogens with zero attached hydrogens (tertiary/aromatic N) is 1. The molecular weight excluding hydrogens is 268 g/mol. The number of benzene rings is 1. The zero-order valence-corrected chi connectivity index (χ0v) is 12.1. The van der Waals surface area contributed by atoms with E-state index in [0.717, 1.165) is 0 Å². The topological polar surface area (TPSA) is 94.3 Å². The number of ether oxygens (including phenoxy) is 2. The highest BCUT2D eigenvalue weighted by atomic mass is 32.2. The molecule has 19 heavy (non-hydrogen) atoms. The third kappa shape index (κ3) is 4.96. The summed E-state index contributed by atoms with van der Waals surface area (Å²) >= 11 is 0. The maximum absolute atomic E-state index is 11.7. The third-order valence-electron chi connectivity index (χ3n) is 2.18. The minimum atomic E-state index is -3.53. The first kappa shape index (κ1) is 15.6. The number of hydrogen-bond acceptors (Lipinski definition) is 4. The minimum absolute atomic E-state index is 0.0859. The van der Waals surface area contributed by atoms with Crippen LogP contribution in [-0.4, -0.2) is 33.9 Å². The van der Waals surface area contributed by atoms with Crippen LogP contribution >= 0.6 is 0 Å². The monoisotopic (exact) mass is 288 g/mol. The molecular formula is C12H20N2O4S. The summed E-state index contributed by atoms with van der Waals surface area (Å²) in [5.74, 6) is 0.908. The molecule has 0 atom stereocenters. The van der Waals surface area contributed by atoms with Crippen LogP contribution in [-0.2, 0) is 10.0 Å². The molecule has 0 saturated carbocycles. The molecule has 3 N–H and O–H groups in total. The van der Waals surface area contributed by atoms with Gasteiger partial charge in [0.2, 0.25) is 0 Å². The van der Waals surface area contributed by atoms with E-state index in [1.165, 1.54) is 0 Å². The summed E-state index contributed by atoms with van der Waals surface area (Å²) in [5.41, 5.74) is 3.79. The fraction of sp³-hybridized carbons (Fsp3) is 0.500. The maximum Gasteiger partial charge on any atom is 0.118 e. The van der Waals surface area contributed by atoms with Crippen LogP contribution in [0.3, 0.4) is 0 Å². The van der Waals surface area contributed by atoms with Crippen molar-refractivity contribution in [3.05, 3.63) is 22.9 Å². The summed E-state index contributed by atoms with van der Waals surface area (Å²) in [4.78, 5) is 0. The first-order valence-corrected chi connectivity index (χ1v) is 7.78. The van der Waals surface area contributed by atoms with Gasteiger partial charge in [0.1, 0.15) is 11.5 Å². The van der Waals surface area contributed by atoms with Crippen LogP contribution in [0.4, 0.5) is 5.69 Å². The Morgan fingerprint density at radius 1 is 1.21 bits per heavy atom. The second-order valence-corrected chi connectivity index (χ2v) is 5.48. The molecule has 108 valence electrons. The summed E-state index contributed by atoms with van der Waals surface area (Å²) in [6.45, 7) is 4.89. The molecule has 0 unspecified atom stereocenters. The number of sulfonamides is 1. The number of quaternary nitrogens is 1. The molecule has 0 heterocycles. The van der Waals surface area contributed by atoms with Gasteiger partial charge >= 0.3 is 0 Å². The average molecular weight is 288 g/mol. The molecule has 6 nitrogen and oxygen atoms in total. The van der Waals surface area contributed by atoms with E-state index in [4.69, 9.17) is 9.47 Å². The van der Waals surface area contributed by atoms with Crippen molar-refractivity contribution in [2.75, 3.05) is 25.5 Å². The molecule has 0 spiro atoms. The molecule has 1 rings (SSSR count). The zero-order valence-electron chi connectivity index (χ0n) is 11.3. The quantitative estimate of drug-likeness (QED) is 0.774. The highest BCUT2D eigenvalue weighted by Gasteiger charge is 2.05. The molecule has 1 aromatic rings. The van der Waals surface area contributed by atoms with Gasteiger partial charge in [0, 0.05) is 0 Å². The van der Waals surface area contributed by atoms with Crippen LogP contribution in [0.2, 0.25) is 0 Å². The Labute approximate surface area is 113 Å². The summed E-state index contributed by atoms with van der Waals surface area (Å²) < 4.78 is 37.9. The van der Waals surface area contributed by atoms with Crippen molar-refractivity contribution < 1.29 is 23.6 Å². The molecule has 0 aliphatic carbocycles. The van der Waals surface area contributed by atoms with Gasteiger partial charge in [0.15, 0.2) is 0 Å². The van der Waals surface area contributed by atoms with Crippen LogP contribution in [0.15, 0.2) is 18.2 Å². The van der Waals surface area contributed by atoms with Crippen molar-refractivity contribution in [1.82, 2.24) is 0 Å². The van der Waals surface area contributed by atoms with Crippen LogP contribution in [0.1, 0.15) is 13.8 Å². The Hall–Kier alpha value is -1.47. The van der Waals surface area contributed by atoms with Gasteiger partial charge < -0.3 is 19.9 Å². The fourth-order valence-electron chi connectivity index (χ4n) is 1.48. The van der Waals surface area contributed by atoms with Crippen molar-refractivity contribution in [2.24, 2.45) is 0 Å². The fourth-order valence-corrected chi connectivity index (χ4v) is 2.38. The van der Waals surface area contributed by atoms with Gasteiger partial charge in [0.05, 0.1) is 35.5 Å². The lowest BCUT2D eigenvalue weighted by Gasteiger charge is -2.24. The maximum atomic E-state index is 11.7. The van der Waals surface area contributed by atoms with Crippen LogP contribution < -0.4 is 15.2 Å². The van der Waals surface area contributed by atoms with Gasteiger partial charge in [-0.25, -0.2) is 8.42 Å². The summed E-state index contributed by atoms with van der Waals surface area (Å²) in [5, 5.41) is 0. The lowest BCUT2D eigenvalue weighted by molar-refractivity contribution is -0.360. The second-order valence-electron chi connectivity index (χ2n) is 3.73. The predicted octanol–water partition coefficient (Wildman–Crippen LogP) is 1.06. The molecule has 0 aliphatic rings. The van der Waals surface area contributed by atoms with Crippen molar-refractivity contribution in [1.29, 1.82) is 0 Å². The highest BCUT2D eigenvalue weighted by molar-refractivity contribution is 7.94. The van der Waals surface area contributed by atoms with Gasteiger partial charge in [-0.2, -0.15) is 0 Å². The van der Waals surface area contributed by atoms with Crippen molar-refractivity contribution >= 4 is 15.7 Å². The molecule has 0 fully saturated rings. The minimum Gasteiger partial charge on any atom is -0.574 e. The van der Waals surface area contributed by atoms with E-state index in [1.807, 2.05) is 13.8 Å². The van der Waals surface area contributed by atoms with Gasteiger partial charge in [-0.1, -0.05) is 5.69 Å². The Bertz CT molecular complexity index is 502. The SMILES string of the molecule is CCOc1ccc(OCC)c([N-]S(=O)(=O)CC[NH3+])c1. The molecule has 0 saturated heterocycles. The molecule has 0 bridgehead atoms. The Morgan fingerprint density at radius 2 is 1.89 bits per heavy atom. The Kier molecular flexibility index (Phi) is 5.91. The van der Waals surface area contributed by atoms with Gasteiger partial charge in [0.25, 0.3) is 0 Å². The normalized spacial score (nSPS) is 11.1. The lowest BCUT2D eigenvalue weighted by Crippen LogP contribution is -2.52. The number of hydrogen-bond donors (Lipinski definition) is 1. The summed E-state index contributed by atoms with van der Waals surface area (Å²) in [7, 11) is -3.53. The van der Waals surface area contributed by atoms with E-state index < -0.39 is 10.0 Å². The van der Waals surface area contributed by atoms with Crippen LogP contribution in [0, 0.1) is 0 Å². The molecule has 0 radical (unpaired) electrons. The predicted molar refractivity (Wildman–Crippen MR) is 73.3 cm³/mol. The van der Waals surface area contributed by atoms with Crippen molar-refractivity contribution in [3.8, 4) is 11.5 Å². The van der Waals surface area contributed by atoms with E-state index in [2.05, 4.69) is 10.5 Å². The first-order valence-electron chi connectivity index (χ1n) is 6.17. The van der Waals surface area contributed by atoms with Crippen molar-refractivity contribution in [2.45, 2.75) is 13.8 Å². The van der Waals surface area contributed by atoms with E-state index in [9.17, 15) is 8.42 Å². The van der Waals surface area contributed by atoms with Gasteiger partial charge in [-0.3, -0.25) is 0 Å². The molecule has 0 aliphatic heterocycles. The zero-order chi connectivity index (χ0) is 14.3. The second kappa shape index (κ2) is 7.20. The Balaban J connectivity index is 3.03. The smallest absolute Gasteiger partial charge is 0.118 e. The van der Waals surface area contributed by atoms with E-state index in [1.54, 1.807) is 18.2 Å². The van der Waals surface area contributed by atoms with E-state index in [-0.39, 0.29) is 18.0 Å². The van der Waals surface area contributed by atoms with Gasteiger partial charge in [-0.15, -0.1) is 0 Å². The molecule has 0 amide bonds. The average Bonchev–Trinajstić information content (AvgIpc) is 2.32. The van der Waals surface area contributed by atoms with Crippen molar-refractivity contribution in [3.63, 3.8) is 0 Å². The largest absolute Gasteiger partial charge is 0.574 e. The molecule has 1 aromatic carbocycles. The van der Waals surface area contributed by atoms with Crippen LogP contribution in [0.5, 0.6) is 11.5 Å². The summed E-state index contributed by atoms with van der Waals surface area (Å²) in [6.07, 6.45) is 0. The van der Waals surface area contributed by atoms with Gasteiger partial charge in [-0.05, 0) is 32.0 Å². The standard InChI is InChI=1S/C12H19N2O4S/c1-3-17-10-5-6-12(18-4-2)11(9-10)14-19(15,16)8-7-13/h5-6,9H,3-4,7-8,13H2,1-2H3/q-1/p+1. The van der Waals surface area contributed by atoms with E-state index >= 15 is 0 Å². The third-order valence-corrected chi connectivity index (χ3v) is 3.46. The molecule has 7 heteroatoms.